The minimum atomic E-state index is 0.201. The monoisotopic (exact) mass is 258 g/mol. The molecular weight excluding hydrogens is 240 g/mol. The van der Waals surface area contributed by atoms with E-state index in [0.717, 1.165) is 31.6 Å². The van der Waals surface area contributed by atoms with Gasteiger partial charge in [-0.05, 0) is 31.1 Å². The number of aryl methyl sites for hydroxylation is 1. The fourth-order valence-electron chi connectivity index (χ4n) is 3.75. The summed E-state index contributed by atoms with van der Waals surface area (Å²) in [6.07, 6.45) is 10.2. The molecule has 1 amide bonds. The number of aromatic nitrogens is 3. The Morgan fingerprint density at radius 3 is 3.11 bits per heavy atom. The summed E-state index contributed by atoms with van der Waals surface area (Å²) in [4.78, 5) is 16.6. The number of nitrogens with zero attached hydrogens (tertiary/aromatic N) is 3. The van der Waals surface area contributed by atoms with Gasteiger partial charge in [0.1, 0.15) is 12.2 Å². The lowest BCUT2D eigenvalue weighted by molar-refractivity contribution is -0.126. The van der Waals surface area contributed by atoms with E-state index in [2.05, 4.69) is 27.6 Å². The van der Waals surface area contributed by atoms with E-state index in [0.29, 0.717) is 11.8 Å². The highest BCUT2D eigenvalue weighted by Crippen LogP contribution is 2.43. The molecule has 1 N–H and O–H groups in total. The Bertz CT molecular complexity index is 535. The van der Waals surface area contributed by atoms with Gasteiger partial charge in [-0.25, -0.2) is 9.67 Å². The number of hydrogen-bond acceptors (Lipinski definition) is 3. The van der Waals surface area contributed by atoms with Crippen molar-refractivity contribution in [2.45, 2.75) is 38.3 Å². The van der Waals surface area contributed by atoms with Crippen LogP contribution < -0.4 is 5.32 Å². The van der Waals surface area contributed by atoms with Crippen LogP contribution in [0.2, 0.25) is 0 Å². The molecule has 1 aliphatic heterocycles. The van der Waals surface area contributed by atoms with E-state index in [4.69, 9.17) is 0 Å². The first-order chi connectivity index (χ1) is 9.29. The summed E-state index contributed by atoms with van der Waals surface area (Å²) in [7, 11) is 0. The third-order valence-electron chi connectivity index (χ3n) is 4.77. The number of rotatable bonds is 2. The van der Waals surface area contributed by atoms with Crippen molar-refractivity contribution in [1.82, 2.24) is 20.1 Å². The van der Waals surface area contributed by atoms with Crippen molar-refractivity contribution in [2.75, 3.05) is 0 Å². The summed E-state index contributed by atoms with van der Waals surface area (Å²) in [6.45, 7) is 0.762. The van der Waals surface area contributed by atoms with Crippen LogP contribution in [0.15, 0.2) is 18.5 Å². The molecule has 4 atom stereocenters. The molecule has 100 valence electrons. The van der Waals surface area contributed by atoms with Crippen molar-refractivity contribution in [1.29, 1.82) is 0 Å². The molecule has 3 aliphatic rings. The van der Waals surface area contributed by atoms with Crippen molar-refractivity contribution >= 4 is 5.91 Å². The lowest BCUT2D eigenvalue weighted by Crippen LogP contribution is -2.44. The van der Waals surface area contributed by atoms with Crippen LogP contribution in [0.4, 0.5) is 0 Å². The van der Waals surface area contributed by atoms with Gasteiger partial charge in [-0.2, -0.15) is 5.10 Å². The Kier molecular flexibility index (Phi) is 2.47. The SMILES string of the molecule is O=C(NC1CCc2ncnn2C1)C1CC2C=CC1C2. The highest BCUT2D eigenvalue weighted by Gasteiger charge is 2.40. The van der Waals surface area contributed by atoms with Crippen molar-refractivity contribution in [2.24, 2.45) is 17.8 Å². The highest BCUT2D eigenvalue weighted by atomic mass is 16.2. The number of carbonyl (C=O) groups excluding carboxylic acids is 1. The van der Waals surface area contributed by atoms with Crippen LogP contribution in [0, 0.1) is 17.8 Å². The summed E-state index contributed by atoms with van der Waals surface area (Å²) in [5, 5.41) is 7.41. The molecule has 4 unspecified atom stereocenters. The summed E-state index contributed by atoms with van der Waals surface area (Å²) in [6, 6.07) is 0.213. The molecule has 2 heterocycles. The maximum Gasteiger partial charge on any atom is 0.224 e. The zero-order valence-corrected chi connectivity index (χ0v) is 10.8. The fraction of sp³-hybridized carbons (Fsp3) is 0.643. The van der Waals surface area contributed by atoms with Gasteiger partial charge in [0.15, 0.2) is 0 Å². The van der Waals surface area contributed by atoms with E-state index >= 15 is 0 Å². The molecule has 5 heteroatoms. The molecule has 0 saturated heterocycles. The van der Waals surface area contributed by atoms with Crippen molar-refractivity contribution in [3.8, 4) is 0 Å². The van der Waals surface area contributed by atoms with Crippen LogP contribution in [-0.2, 0) is 17.8 Å². The molecule has 1 saturated carbocycles. The number of hydrogen-bond donors (Lipinski definition) is 1. The molecule has 2 bridgehead atoms. The predicted octanol–water partition coefficient (Wildman–Crippen LogP) is 0.921. The molecule has 1 aromatic heterocycles. The van der Waals surface area contributed by atoms with Gasteiger partial charge in [-0.1, -0.05) is 12.2 Å². The summed E-state index contributed by atoms with van der Waals surface area (Å²) < 4.78 is 1.91. The zero-order valence-electron chi connectivity index (χ0n) is 10.8. The summed E-state index contributed by atoms with van der Waals surface area (Å²) >= 11 is 0. The van der Waals surface area contributed by atoms with Crippen molar-refractivity contribution in [3.05, 3.63) is 24.3 Å². The van der Waals surface area contributed by atoms with E-state index in [1.807, 2.05) is 4.68 Å². The van der Waals surface area contributed by atoms with Crippen LogP contribution in [0.5, 0.6) is 0 Å². The lowest BCUT2D eigenvalue weighted by atomic mass is 9.92. The third kappa shape index (κ3) is 1.88. The molecule has 0 radical (unpaired) electrons. The maximum atomic E-state index is 12.4. The average Bonchev–Trinajstić information content (AvgIpc) is 3.13. The molecular formula is C14H18N4O. The molecule has 1 fully saturated rings. The molecule has 0 aromatic carbocycles. The lowest BCUT2D eigenvalue weighted by Gasteiger charge is -2.26. The van der Waals surface area contributed by atoms with Crippen LogP contribution in [0.1, 0.15) is 25.1 Å². The number of carbonyl (C=O) groups is 1. The van der Waals surface area contributed by atoms with E-state index in [1.165, 1.54) is 6.42 Å². The molecule has 0 spiro atoms. The van der Waals surface area contributed by atoms with Crippen LogP contribution in [0.25, 0.3) is 0 Å². The van der Waals surface area contributed by atoms with Crippen molar-refractivity contribution in [3.63, 3.8) is 0 Å². The first-order valence-electron chi connectivity index (χ1n) is 7.15. The standard InChI is InChI=1S/C14H18N4O/c19-14(12-6-9-1-2-10(12)5-9)17-11-3-4-13-15-8-16-18(13)7-11/h1-2,8-12H,3-7H2,(H,17,19). The van der Waals surface area contributed by atoms with Gasteiger partial charge >= 0.3 is 0 Å². The number of amides is 1. The Morgan fingerprint density at radius 1 is 1.37 bits per heavy atom. The Labute approximate surface area is 112 Å². The molecule has 19 heavy (non-hydrogen) atoms. The van der Waals surface area contributed by atoms with Crippen LogP contribution in [-0.4, -0.2) is 26.7 Å². The van der Waals surface area contributed by atoms with Gasteiger partial charge in [0.2, 0.25) is 5.91 Å². The minimum Gasteiger partial charge on any atom is -0.351 e. The van der Waals surface area contributed by atoms with Gasteiger partial charge in [0.25, 0.3) is 0 Å². The number of allylic oxidation sites excluding steroid dienone is 2. The molecule has 5 nitrogen and oxygen atoms in total. The van der Waals surface area contributed by atoms with E-state index in [1.54, 1.807) is 6.33 Å². The van der Waals surface area contributed by atoms with Gasteiger partial charge in [0.05, 0.1) is 6.54 Å². The number of nitrogens with one attached hydrogen (secondary N) is 1. The van der Waals surface area contributed by atoms with Crippen molar-refractivity contribution < 1.29 is 4.79 Å². The highest BCUT2D eigenvalue weighted by molar-refractivity contribution is 5.80. The Morgan fingerprint density at radius 2 is 2.32 bits per heavy atom. The van der Waals surface area contributed by atoms with Crippen LogP contribution >= 0.6 is 0 Å². The maximum absolute atomic E-state index is 12.4. The quantitative estimate of drug-likeness (QED) is 0.803. The van der Waals surface area contributed by atoms with Crippen LogP contribution in [0.3, 0.4) is 0 Å². The first-order valence-corrected chi connectivity index (χ1v) is 7.15. The van der Waals surface area contributed by atoms with E-state index in [9.17, 15) is 4.79 Å². The first kappa shape index (κ1) is 11.2. The van der Waals surface area contributed by atoms with Gasteiger partial charge < -0.3 is 5.32 Å². The van der Waals surface area contributed by atoms with Gasteiger partial charge in [-0.15, -0.1) is 0 Å². The predicted molar refractivity (Wildman–Crippen MR) is 69.1 cm³/mol. The third-order valence-corrected chi connectivity index (χ3v) is 4.77. The normalized spacial score (nSPS) is 35.4. The smallest absolute Gasteiger partial charge is 0.224 e. The summed E-state index contributed by atoms with van der Waals surface area (Å²) in [5.41, 5.74) is 0. The molecule has 1 aromatic rings. The second kappa shape index (κ2) is 4.18. The Balaban J connectivity index is 1.40. The average molecular weight is 258 g/mol. The largest absolute Gasteiger partial charge is 0.351 e. The fourth-order valence-corrected chi connectivity index (χ4v) is 3.75. The molecule has 4 rings (SSSR count). The summed E-state index contributed by atoms with van der Waals surface area (Å²) in [5.74, 6) is 2.61. The second-order valence-corrected chi connectivity index (χ2v) is 5.99. The van der Waals surface area contributed by atoms with Gasteiger partial charge in [-0.3, -0.25) is 4.79 Å². The number of fused-ring (bicyclic) bond motifs is 3. The van der Waals surface area contributed by atoms with E-state index in [-0.39, 0.29) is 17.9 Å². The second-order valence-electron chi connectivity index (χ2n) is 5.99. The zero-order chi connectivity index (χ0) is 12.8. The van der Waals surface area contributed by atoms with E-state index < -0.39 is 0 Å². The molecule has 2 aliphatic carbocycles. The minimum absolute atomic E-state index is 0.201. The Hall–Kier alpha value is -1.65. The van der Waals surface area contributed by atoms with Gasteiger partial charge in [0, 0.05) is 18.4 Å². The topological polar surface area (TPSA) is 59.8 Å².